The molecule has 0 radical (unpaired) electrons. The van der Waals surface area contributed by atoms with Crippen molar-refractivity contribution in [2.24, 2.45) is 0 Å². The van der Waals surface area contributed by atoms with Crippen molar-refractivity contribution in [3.8, 4) is 5.75 Å². The molecule has 0 N–H and O–H groups in total. The first-order valence-electron chi connectivity index (χ1n) is 5.80. The van der Waals surface area contributed by atoms with E-state index in [2.05, 4.69) is 0 Å². The summed E-state index contributed by atoms with van der Waals surface area (Å²) in [5.41, 5.74) is 0.659. The number of para-hydroxylation sites is 1. The molecule has 5 heteroatoms. The van der Waals surface area contributed by atoms with E-state index in [1.54, 1.807) is 19.3 Å². The van der Waals surface area contributed by atoms with E-state index in [0.717, 1.165) is 0 Å². The SMILES string of the molecule is COc1ccccc1C(OC)(OC)C1C=CC(=O)O1. The second-order valence-electron chi connectivity index (χ2n) is 3.99. The molecule has 1 aliphatic heterocycles. The Labute approximate surface area is 111 Å². The van der Waals surface area contributed by atoms with Crippen LogP contribution in [0, 0.1) is 0 Å². The number of carbonyl (C=O) groups is 1. The summed E-state index contributed by atoms with van der Waals surface area (Å²) >= 11 is 0. The van der Waals surface area contributed by atoms with Crippen LogP contribution >= 0.6 is 0 Å². The molecule has 2 rings (SSSR count). The Hall–Kier alpha value is -1.85. The molecular formula is C14H16O5. The van der Waals surface area contributed by atoms with Gasteiger partial charge in [-0.3, -0.25) is 0 Å². The van der Waals surface area contributed by atoms with Crippen LogP contribution < -0.4 is 4.74 Å². The highest BCUT2D eigenvalue weighted by Crippen LogP contribution is 2.39. The van der Waals surface area contributed by atoms with Gasteiger partial charge in [0.25, 0.3) is 0 Å². The van der Waals surface area contributed by atoms with Crippen LogP contribution in [0.2, 0.25) is 0 Å². The molecule has 1 atom stereocenters. The number of ether oxygens (including phenoxy) is 4. The van der Waals surface area contributed by atoms with E-state index in [1.807, 2.05) is 18.2 Å². The average molecular weight is 264 g/mol. The maximum Gasteiger partial charge on any atom is 0.331 e. The second-order valence-corrected chi connectivity index (χ2v) is 3.99. The molecular weight excluding hydrogens is 248 g/mol. The number of carbonyl (C=O) groups excluding carboxylic acids is 1. The zero-order chi connectivity index (χ0) is 13.9. The van der Waals surface area contributed by atoms with E-state index >= 15 is 0 Å². The molecule has 1 heterocycles. The van der Waals surface area contributed by atoms with Crippen molar-refractivity contribution in [3.63, 3.8) is 0 Å². The van der Waals surface area contributed by atoms with Crippen molar-refractivity contribution in [1.82, 2.24) is 0 Å². The topological polar surface area (TPSA) is 54.0 Å². The summed E-state index contributed by atoms with van der Waals surface area (Å²) < 4.78 is 21.6. The Morgan fingerprint density at radius 1 is 1.16 bits per heavy atom. The molecule has 1 unspecified atom stereocenters. The first-order chi connectivity index (χ1) is 9.17. The molecule has 1 aromatic rings. The third kappa shape index (κ3) is 2.22. The van der Waals surface area contributed by atoms with Gasteiger partial charge in [0.05, 0.1) is 12.7 Å². The second kappa shape index (κ2) is 5.42. The number of methoxy groups -OCH3 is 3. The first kappa shape index (κ1) is 13.6. The minimum Gasteiger partial charge on any atom is -0.496 e. The van der Waals surface area contributed by atoms with Crippen molar-refractivity contribution < 1.29 is 23.7 Å². The standard InChI is InChI=1S/C14H16O5/c1-16-11-7-5-4-6-10(11)14(17-2,18-3)12-8-9-13(15)19-12/h4-9,12H,1-3H3. The fourth-order valence-corrected chi connectivity index (χ4v) is 2.20. The molecule has 0 saturated carbocycles. The summed E-state index contributed by atoms with van der Waals surface area (Å²) in [6, 6.07) is 7.29. The lowest BCUT2D eigenvalue weighted by Crippen LogP contribution is -2.43. The lowest BCUT2D eigenvalue weighted by molar-refractivity contribution is -0.260. The molecule has 0 amide bonds. The van der Waals surface area contributed by atoms with E-state index in [1.165, 1.54) is 20.3 Å². The van der Waals surface area contributed by atoms with Gasteiger partial charge in [0, 0.05) is 20.3 Å². The van der Waals surface area contributed by atoms with Crippen LogP contribution in [-0.2, 0) is 24.8 Å². The van der Waals surface area contributed by atoms with Gasteiger partial charge in [-0.2, -0.15) is 0 Å². The van der Waals surface area contributed by atoms with Crippen LogP contribution in [0.3, 0.4) is 0 Å². The monoisotopic (exact) mass is 264 g/mol. The van der Waals surface area contributed by atoms with Gasteiger partial charge in [-0.05, 0) is 18.2 Å². The molecule has 0 fully saturated rings. The summed E-state index contributed by atoms with van der Waals surface area (Å²) in [5, 5.41) is 0. The van der Waals surface area contributed by atoms with Gasteiger partial charge in [-0.1, -0.05) is 12.1 Å². The smallest absolute Gasteiger partial charge is 0.331 e. The van der Waals surface area contributed by atoms with Gasteiger partial charge in [0.15, 0.2) is 6.10 Å². The zero-order valence-corrected chi connectivity index (χ0v) is 11.1. The minimum atomic E-state index is -1.23. The molecule has 1 aliphatic rings. The highest BCUT2D eigenvalue weighted by molar-refractivity contribution is 5.84. The van der Waals surface area contributed by atoms with Gasteiger partial charge in [0.1, 0.15) is 5.75 Å². The zero-order valence-electron chi connectivity index (χ0n) is 11.1. The highest BCUT2D eigenvalue weighted by atomic mass is 16.7. The van der Waals surface area contributed by atoms with Gasteiger partial charge in [-0.15, -0.1) is 0 Å². The maximum absolute atomic E-state index is 11.3. The quantitative estimate of drug-likeness (QED) is 0.597. The summed E-state index contributed by atoms with van der Waals surface area (Å²) in [7, 11) is 4.55. The van der Waals surface area contributed by atoms with E-state index < -0.39 is 17.9 Å². The summed E-state index contributed by atoms with van der Waals surface area (Å²) in [6.45, 7) is 0. The number of hydrogen-bond acceptors (Lipinski definition) is 5. The van der Waals surface area contributed by atoms with Crippen LogP contribution in [0.25, 0.3) is 0 Å². The Kier molecular flexibility index (Phi) is 3.87. The minimum absolute atomic E-state index is 0.418. The van der Waals surface area contributed by atoms with Gasteiger partial charge in [-0.25, -0.2) is 4.79 Å². The number of benzene rings is 1. The number of esters is 1. The van der Waals surface area contributed by atoms with Crippen LogP contribution in [0.5, 0.6) is 5.75 Å². The van der Waals surface area contributed by atoms with Crippen LogP contribution in [0.1, 0.15) is 5.56 Å². The molecule has 0 bridgehead atoms. The van der Waals surface area contributed by atoms with E-state index in [4.69, 9.17) is 18.9 Å². The molecule has 0 aromatic heterocycles. The molecule has 0 aliphatic carbocycles. The van der Waals surface area contributed by atoms with E-state index in [9.17, 15) is 4.79 Å². The Balaban J connectivity index is 2.49. The summed E-state index contributed by atoms with van der Waals surface area (Å²) in [4.78, 5) is 11.3. The van der Waals surface area contributed by atoms with E-state index in [-0.39, 0.29) is 0 Å². The highest BCUT2D eigenvalue weighted by Gasteiger charge is 2.46. The molecule has 0 spiro atoms. The van der Waals surface area contributed by atoms with Gasteiger partial charge in [0.2, 0.25) is 5.79 Å². The van der Waals surface area contributed by atoms with Crippen molar-refractivity contribution in [2.45, 2.75) is 11.9 Å². The summed E-state index contributed by atoms with van der Waals surface area (Å²) in [6.07, 6.45) is 2.31. The van der Waals surface area contributed by atoms with Crippen molar-refractivity contribution in [1.29, 1.82) is 0 Å². The Morgan fingerprint density at radius 2 is 1.84 bits per heavy atom. The molecule has 1 aromatic carbocycles. The Morgan fingerprint density at radius 3 is 2.37 bits per heavy atom. The molecule has 5 nitrogen and oxygen atoms in total. The summed E-state index contributed by atoms with van der Waals surface area (Å²) in [5.74, 6) is -1.05. The Bertz CT molecular complexity index is 490. The first-order valence-corrected chi connectivity index (χ1v) is 5.80. The van der Waals surface area contributed by atoms with Crippen molar-refractivity contribution >= 4 is 5.97 Å². The number of hydrogen-bond donors (Lipinski definition) is 0. The molecule has 0 saturated heterocycles. The largest absolute Gasteiger partial charge is 0.496 e. The third-order valence-corrected chi connectivity index (χ3v) is 3.11. The average Bonchev–Trinajstić information content (AvgIpc) is 2.88. The third-order valence-electron chi connectivity index (χ3n) is 3.11. The predicted molar refractivity (Wildman–Crippen MR) is 67.7 cm³/mol. The van der Waals surface area contributed by atoms with Crippen molar-refractivity contribution in [3.05, 3.63) is 42.0 Å². The molecule has 102 valence electrons. The lowest BCUT2D eigenvalue weighted by atomic mass is 9.98. The van der Waals surface area contributed by atoms with Crippen molar-refractivity contribution in [2.75, 3.05) is 21.3 Å². The fraction of sp³-hybridized carbons (Fsp3) is 0.357. The van der Waals surface area contributed by atoms with Gasteiger partial charge < -0.3 is 18.9 Å². The number of cyclic esters (lactones) is 1. The maximum atomic E-state index is 11.3. The van der Waals surface area contributed by atoms with Gasteiger partial charge >= 0.3 is 5.97 Å². The van der Waals surface area contributed by atoms with E-state index in [0.29, 0.717) is 11.3 Å². The molecule has 19 heavy (non-hydrogen) atoms. The van der Waals surface area contributed by atoms with Crippen LogP contribution in [0.4, 0.5) is 0 Å². The lowest BCUT2D eigenvalue weighted by Gasteiger charge is -2.35. The number of rotatable bonds is 5. The van der Waals surface area contributed by atoms with Crippen LogP contribution in [0.15, 0.2) is 36.4 Å². The van der Waals surface area contributed by atoms with Crippen LogP contribution in [-0.4, -0.2) is 33.4 Å². The fourth-order valence-electron chi connectivity index (χ4n) is 2.20. The predicted octanol–water partition coefficient (Wildman–Crippen LogP) is 1.62. The normalized spacial score (nSPS) is 18.5.